The standard InChI is InChI=1S/C37H22FN5/c1-37(2)26-10-3-5-12-31(26)43(32-13-6-4-11-27(32)37)22-16-14-21(15-17-22)25-18-28(38)34-33-23(25)8-7-9-24(33)35-36(34)42-30(20-40)29(19-39)41-35/h3-18H,1-2H3. The fourth-order valence-corrected chi connectivity index (χ4v) is 6.80. The Balaban J connectivity index is 1.28. The molecule has 0 spiro atoms. The molecule has 5 nitrogen and oxygen atoms in total. The highest BCUT2D eigenvalue weighted by atomic mass is 19.1. The first kappa shape index (κ1) is 24.9. The number of nitriles is 2. The van der Waals surface area contributed by atoms with Crippen LogP contribution in [0.3, 0.4) is 0 Å². The van der Waals surface area contributed by atoms with Crippen LogP contribution in [0.5, 0.6) is 0 Å². The molecule has 202 valence electrons. The molecule has 0 N–H and O–H groups in total. The van der Waals surface area contributed by atoms with E-state index in [9.17, 15) is 10.5 Å². The number of rotatable bonds is 2. The number of nitrogens with zero attached hydrogens (tertiary/aromatic N) is 5. The zero-order valence-electron chi connectivity index (χ0n) is 23.4. The van der Waals surface area contributed by atoms with Crippen LogP contribution in [0.1, 0.15) is 36.4 Å². The number of hydrogen-bond acceptors (Lipinski definition) is 5. The van der Waals surface area contributed by atoms with Gasteiger partial charge in [0.15, 0.2) is 11.4 Å². The summed E-state index contributed by atoms with van der Waals surface area (Å²) in [4.78, 5) is 11.1. The number of hydrogen-bond donors (Lipinski definition) is 0. The van der Waals surface area contributed by atoms with E-state index < -0.39 is 5.82 Å². The third-order valence-corrected chi connectivity index (χ3v) is 8.79. The molecule has 0 atom stereocenters. The lowest BCUT2D eigenvalue weighted by Gasteiger charge is -2.42. The van der Waals surface area contributed by atoms with Crippen molar-refractivity contribution in [2.75, 3.05) is 4.90 Å². The van der Waals surface area contributed by atoms with Gasteiger partial charge in [-0.05, 0) is 58.0 Å². The van der Waals surface area contributed by atoms with E-state index in [0.717, 1.165) is 33.6 Å². The summed E-state index contributed by atoms with van der Waals surface area (Å²) in [5.41, 5.74) is 8.86. The zero-order chi connectivity index (χ0) is 29.5. The molecule has 5 aromatic carbocycles. The maximum atomic E-state index is 15.9. The molecule has 0 fully saturated rings. The Bertz CT molecular complexity index is 2200. The molecule has 0 unspecified atom stereocenters. The van der Waals surface area contributed by atoms with Crippen LogP contribution in [-0.4, -0.2) is 9.97 Å². The van der Waals surface area contributed by atoms with Crippen LogP contribution < -0.4 is 4.90 Å². The minimum atomic E-state index is -0.443. The summed E-state index contributed by atoms with van der Waals surface area (Å²) in [7, 11) is 0. The van der Waals surface area contributed by atoms with Crippen molar-refractivity contribution in [1.29, 1.82) is 10.5 Å². The van der Waals surface area contributed by atoms with Crippen molar-refractivity contribution >= 4 is 27.8 Å². The lowest BCUT2D eigenvalue weighted by Crippen LogP contribution is -2.30. The molecular weight excluding hydrogens is 533 g/mol. The summed E-state index contributed by atoms with van der Waals surface area (Å²) >= 11 is 0. The lowest BCUT2D eigenvalue weighted by atomic mass is 9.73. The Morgan fingerprint density at radius 3 is 1.93 bits per heavy atom. The van der Waals surface area contributed by atoms with Gasteiger partial charge in [0.05, 0.1) is 17.1 Å². The molecule has 8 rings (SSSR count). The maximum Gasteiger partial charge on any atom is 0.177 e. The first-order valence-corrected chi connectivity index (χ1v) is 14.0. The van der Waals surface area contributed by atoms with E-state index in [1.807, 2.05) is 42.5 Å². The molecule has 0 radical (unpaired) electrons. The molecule has 0 saturated carbocycles. The van der Waals surface area contributed by atoms with E-state index in [1.54, 1.807) is 0 Å². The van der Waals surface area contributed by atoms with E-state index in [1.165, 1.54) is 17.2 Å². The van der Waals surface area contributed by atoms with E-state index in [4.69, 9.17) is 0 Å². The first-order valence-electron chi connectivity index (χ1n) is 14.0. The quantitative estimate of drug-likeness (QED) is 0.213. The fourth-order valence-electron chi connectivity index (χ4n) is 6.80. The van der Waals surface area contributed by atoms with Gasteiger partial charge in [0.1, 0.15) is 23.6 Å². The molecule has 2 heterocycles. The summed E-state index contributed by atoms with van der Waals surface area (Å²) in [5, 5.41) is 20.6. The Morgan fingerprint density at radius 1 is 0.698 bits per heavy atom. The van der Waals surface area contributed by atoms with E-state index in [2.05, 4.69) is 89.4 Å². The smallest absolute Gasteiger partial charge is 0.177 e. The first-order chi connectivity index (χ1) is 20.9. The molecule has 0 amide bonds. The van der Waals surface area contributed by atoms with Crippen molar-refractivity contribution in [3.05, 3.63) is 125 Å². The van der Waals surface area contributed by atoms with Gasteiger partial charge in [0.25, 0.3) is 0 Å². The highest BCUT2D eigenvalue weighted by Gasteiger charge is 2.36. The Labute approximate surface area is 247 Å². The van der Waals surface area contributed by atoms with Crippen LogP contribution in [0.4, 0.5) is 21.5 Å². The number of anilines is 3. The molecule has 1 aliphatic carbocycles. The Kier molecular flexibility index (Phi) is 5.11. The topological polar surface area (TPSA) is 76.6 Å². The molecule has 1 aromatic heterocycles. The van der Waals surface area contributed by atoms with Gasteiger partial charge in [-0.15, -0.1) is 0 Å². The second-order valence-electron chi connectivity index (χ2n) is 11.4. The molecule has 6 heteroatoms. The van der Waals surface area contributed by atoms with Crippen LogP contribution in [0.25, 0.3) is 44.4 Å². The number of benzene rings is 5. The van der Waals surface area contributed by atoms with Crippen molar-refractivity contribution in [3.63, 3.8) is 0 Å². The normalized spacial score (nSPS) is 13.6. The average Bonchev–Trinajstić information content (AvgIpc) is 3.37. The van der Waals surface area contributed by atoms with Crippen LogP contribution in [-0.2, 0) is 5.41 Å². The summed E-state index contributed by atoms with van der Waals surface area (Å²) < 4.78 is 15.9. The van der Waals surface area contributed by atoms with Gasteiger partial charge in [0.2, 0.25) is 0 Å². The summed E-state index contributed by atoms with van der Waals surface area (Å²) in [5.74, 6) is -0.443. The second kappa shape index (κ2) is 8.82. The van der Waals surface area contributed by atoms with E-state index in [0.29, 0.717) is 27.9 Å². The fraction of sp³-hybridized carbons (Fsp3) is 0.0811. The Morgan fingerprint density at radius 2 is 1.30 bits per heavy atom. The van der Waals surface area contributed by atoms with Gasteiger partial charge in [-0.3, -0.25) is 0 Å². The van der Waals surface area contributed by atoms with Gasteiger partial charge in [-0.2, -0.15) is 10.5 Å². The predicted octanol–water partition coefficient (Wildman–Crippen LogP) is 8.94. The van der Waals surface area contributed by atoms with Gasteiger partial charge < -0.3 is 4.90 Å². The van der Waals surface area contributed by atoms with Gasteiger partial charge in [-0.1, -0.05) is 80.6 Å². The van der Waals surface area contributed by atoms with Crippen molar-refractivity contribution in [2.24, 2.45) is 0 Å². The maximum absolute atomic E-state index is 15.9. The van der Waals surface area contributed by atoms with Crippen molar-refractivity contribution in [2.45, 2.75) is 19.3 Å². The van der Waals surface area contributed by atoms with Gasteiger partial charge in [0, 0.05) is 27.6 Å². The van der Waals surface area contributed by atoms with Crippen LogP contribution in [0.2, 0.25) is 0 Å². The third-order valence-electron chi connectivity index (χ3n) is 8.79. The number of fused-ring (bicyclic) bond motifs is 5. The minimum absolute atomic E-state index is 0.0634. The van der Waals surface area contributed by atoms with Crippen molar-refractivity contribution in [3.8, 4) is 45.8 Å². The molecule has 6 aromatic rings. The molecule has 1 aliphatic heterocycles. The van der Waals surface area contributed by atoms with Gasteiger partial charge in [-0.25, -0.2) is 14.4 Å². The third kappa shape index (κ3) is 3.35. The SMILES string of the molecule is CC1(C)c2ccccc2N(c2ccc(-c3cc(F)c4c5c(cccc35)-c3nc(C#N)c(C#N)nc3-4)cc2)c2ccccc21. The Hall–Kier alpha value is -5.85. The van der Waals surface area contributed by atoms with Gasteiger partial charge >= 0.3 is 0 Å². The van der Waals surface area contributed by atoms with Crippen LogP contribution in [0.15, 0.2) is 97.1 Å². The molecule has 0 bridgehead atoms. The number of halogens is 1. The molecular formula is C37H22FN5. The number of para-hydroxylation sites is 2. The summed E-state index contributed by atoms with van der Waals surface area (Å²) in [6.45, 7) is 4.53. The van der Waals surface area contributed by atoms with Crippen molar-refractivity contribution in [1.82, 2.24) is 9.97 Å². The molecule has 43 heavy (non-hydrogen) atoms. The highest BCUT2D eigenvalue weighted by Crippen LogP contribution is 2.52. The molecule has 2 aliphatic rings. The minimum Gasteiger partial charge on any atom is -0.310 e. The summed E-state index contributed by atoms with van der Waals surface area (Å²) in [6, 6.07) is 36.4. The van der Waals surface area contributed by atoms with Crippen molar-refractivity contribution < 1.29 is 4.39 Å². The largest absolute Gasteiger partial charge is 0.310 e. The lowest BCUT2D eigenvalue weighted by molar-refractivity contribution is 0.632. The average molecular weight is 556 g/mol. The number of aromatic nitrogens is 2. The second-order valence-corrected chi connectivity index (χ2v) is 11.4. The van der Waals surface area contributed by atoms with E-state index in [-0.39, 0.29) is 16.8 Å². The van der Waals surface area contributed by atoms with E-state index >= 15 is 4.39 Å². The molecule has 0 saturated heterocycles. The van der Waals surface area contributed by atoms with Crippen LogP contribution in [0, 0.1) is 28.5 Å². The van der Waals surface area contributed by atoms with Crippen LogP contribution >= 0.6 is 0 Å². The highest BCUT2D eigenvalue weighted by molar-refractivity contribution is 6.17. The summed E-state index contributed by atoms with van der Waals surface area (Å²) in [6.07, 6.45) is 0. The zero-order valence-corrected chi connectivity index (χ0v) is 23.4. The predicted molar refractivity (Wildman–Crippen MR) is 166 cm³/mol. The monoisotopic (exact) mass is 555 g/mol.